The predicted molar refractivity (Wildman–Crippen MR) is 84.7 cm³/mol. The van der Waals surface area contributed by atoms with Crippen molar-refractivity contribution in [2.24, 2.45) is 0 Å². The van der Waals surface area contributed by atoms with Gasteiger partial charge in [-0.1, -0.05) is 0 Å². The number of hydrogen-bond donors (Lipinski definition) is 3. The summed E-state index contributed by atoms with van der Waals surface area (Å²) in [6, 6.07) is 5.45. The number of ether oxygens (including phenoxy) is 2. The van der Waals surface area contributed by atoms with E-state index in [9.17, 15) is 4.79 Å². The summed E-state index contributed by atoms with van der Waals surface area (Å²) < 4.78 is 10.3. The summed E-state index contributed by atoms with van der Waals surface area (Å²) in [7, 11) is 1.61. The lowest BCUT2D eigenvalue weighted by molar-refractivity contribution is 0.0528. The molecule has 0 saturated carbocycles. The van der Waals surface area contributed by atoms with Gasteiger partial charge in [0.1, 0.15) is 11.4 Å². The quantitative estimate of drug-likeness (QED) is 0.555. The number of nitrogen functional groups attached to an aromatic ring is 1. The molecule has 0 heterocycles. The number of nitrogens with one attached hydrogen (secondary N) is 2. The second kappa shape index (κ2) is 7.61. The van der Waals surface area contributed by atoms with Gasteiger partial charge in [0.15, 0.2) is 0 Å². The molecule has 6 heteroatoms. The molecule has 0 aromatic heterocycles. The zero-order chi connectivity index (χ0) is 15.9. The summed E-state index contributed by atoms with van der Waals surface area (Å²) in [6.45, 7) is 6.72. The summed E-state index contributed by atoms with van der Waals surface area (Å²) in [5.41, 5.74) is 6.88. The maximum absolute atomic E-state index is 11.4. The minimum absolute atomic E-state index is 0.400. The van der Waals surface area contributed by atoms with E-state index in [2.05, 4.69) is 10.6 Å². The molecule has 0 spiro atoms. The number of benzene rings is 1. The van der Waals surface area contributed by atoms with Crippen molar-refractivity contribution in [2.75, 3.05) is 31.2 Å². The molecular formula is C15H25N3O3. The van der Waals surface area contributed by atoms with E-state index in [0.29, 0.717) is 18.8 Å². The largest absolute Gasteiger partial charge is 0.497 e. The second-order valence-corrected chi connectivity index (χ2v) is 5.66. The maximum atomic E-state index is 11.4. The molecule has 0 aliphatic heterocycles. The standard InChI is InChI=1S/C15H25N3O3/c1-15(2,3)21-14(19)18-9-5-8-17-13-10-11(20-4)6-7-12(13)16/h6-7,10,17H,5,8-9,16H2,1-4H3,(H,18,19). The molecule has 0 radical (unpaired) electrons. The van der Waals surface area contributed by atoms with Gasteiger partial charge in [-0.15, -0.1) is 0 Å². The molecule has 6 nitrogen and oxygen atoms in total. The van der Waals surface area contributed by atoms with Gasteiger partial charge in [-0.2, -0.15) is 0 Å². The van der Waals surface area contributed by atoms with Crippen molar-refractivity contribution in [1.29, 1.82) is 0 Å². The molecule has 0 bridgehead atoms. The monoisotopic (exact) mass is 295 g/mol. The summed E-state index contributed by atoms with van der Waals surface area (Å²) >= 11 is 0. The van der Waals surface area contributed by atoms with Crippen LogP contribution in [0.1, 0.15) is 27.2 Å². The van der Waals surface area contributed by atoms with Crippen LogP contribution in [0.4, 0.5) is 16.2 Å². The van der Waals surface area contributed by atoms with E-state index >= 15 is 0 Å². The summed E-state index contributed by atoms with van der Waals surface area (Å²) in [5.74, 6) is 0.749. The topological polar surface area (TPSA) is 85.6 Å². The van der Waals surface area contributed by atoms with Gasteiger partial charge in [-0.3, -0.25) is 0 Å². The predicted octanol–water partition coefficient (Wildman–Crippen LogP) is 2.60. The van der Waals surface area contributed by atoms with E-state index in [1.807, 2.05) is 32.9 Å². The van der Waals surface area contributed by atoms with Crippen LogP contribution in [-0.4, -0.2) is 31.9 Å². The molecule has 0 aliphatic rings. The lowest BCUT2D eigenvalue weighted by atomic mass is 10.2. The molecule has 0 unspecified atom stereocenters. The number of anilines is 2. The highest BCUT2D eigenvalue weighted by Gasteiger charge is 2.15. The van der Waals surface area contributed by atoms with Crippen LogP contribution in [-0.2, 0) is 4.74 Å². The Balaban J connectivity index is 2.27. The Morgan fingerprint density at radius 3 is 2.62 bits per heavy atom. The maximum Gasteiger partial charge on any atom is 0.407 e. The third-order valence-corrected chi connectivity index (χ3v) is 2.60. The zero-order valence-electron chi connectivity index (χ0n) is 13.2. The minimum Gasteiger partial charge on any atom is -0.497 e. The lowest BCUT2D eigenvalue weighted by Gasteiger charge is -2.19. The first-order chi connectivity index (χ1) is 9.81. The number of alkyl carbamates (subject to hydrolysis) is 1. The third-order valence-electron chi connectivity index (χ3n) is 2.60. The average Bonchev–Trinajstić information content (AvgIpc) is 2.38. The van der Waals surface area contributed by atoms with E-state index in [1.165, 1.54) is 0 Å². The van der Waals surface area contributed by atoms with Crippen molar-refractivity contribution in [3.8, 4) is 5.75 Å². The molecule has 0 fully saturated rings. The molecule has 4 N–H and O–H groups in total. The normalized spacial score (nSPS) is 10.9. The Hall–Kier alpha value is -2.11. The fourth-order valence-corrected chi connectivity index (χ4v) is 1.63. The first kappa shape index (κ1) is 16.9. The van der Waals surface area contributed by atoms with E-state index in [-0.39, 0.29) is 0 Å². The Morgan fingerprint density at radius 2 is 2.00 bits per heavy atom. The number of carbonyl (C=O) groups is 1. The summed E-state index contributed by atoms with van der Waals surface area (Å²) in [6.07, 6.45) is 0.360. The Bertz CT molecular complexity index is 470. The smallest absolute Gasteiger partial charge is 0.407 e. The van der Waals surface area contributed by atoms with Crippen LogP contribution in [0.2, 0.25) is 0 Å². The van der Waals surface area contributed by atoms with Gasteiger partial charge < -0.3 is 25.8 Å². The van der Waals surface area contributed by atoms with Crippen molar-refractivity contribution < 1.29 is 14.3 Å². The van der Waals surface area contributed by atoms with Gasteiger partial charge in [0.25, 0.3) is 0 Å². The molecule has 118 valence electrons. The van der Waals surface area contributed by atoms with E-state index in [4.69, 9.17) is 15.2 Å². The minimum atomic E-state index is -0.475. The zero-order valence-corrected chi connectivity index (χ0v) is 13.2. The molecular weight excluding hydrogens is 270 g/mol. The van der Waals surface area contributed by atoms with Crippen molar-refractivity contribution in [3.63, 3.8) is 0 Å². The van der Waals surface area contributed by atoms with Crippen LogP contribution in [0.3, 0.4) is 0 Å². The summed E-state index contributed by atoms with van der Waals surface area (Å²) in [4.78, 5) is 11.4. The van der Waals surface area contributed by atoms with Crippen LogP contribution in [0.5, 0.6) is 5.75 Å². The highest BCUT2D eigenvalue weighted by atomic mass is 16.6. The fraction of sp³-hybridized carbons (Fsp3) is 0.533. The highest BCUT2D eigenvalue weighted by Crippen LogP contribution is 2.24. The molecule has 1 rings (SSSR count). The van der Waals surface area contributed by atoms with Gasteiger partial charge in [0.2, 0.25) is 0 Å². The number of carbonyl (C=O) groups excluding carboxylic acids is 1. The van der Waals surface area contributed by atoms with Crippen LogP contribution in [0.15, 0.2) is 18.2 Å². The number of methoxy groups -OCH3 is 1. The number of hydrogen-bond acceptors (Lipinski definition) is 5. The van der Waals surface area contributed by atoms with Crippen LogP contribution >= 0.6 is 0 Å². The van der Waals surface area contributed by atoms with Crippen LogP contribution < -0.4 is 21.1 Å². The average molecular weight is 295 g/mol. The fourth-order valence-electron chi connectivity index (χ4n) is 1.63. The highest BCUT2D eigenvalue weighted by molar-refractivity contribution is 5.68. The number of nitrogens with two attached hydrogens (primary N) is 1. The first-order valence-corrected chi connectivity index (χ1v) is 6.96. The van der Waals surface area contributed by atoms with E-state index in [0.717, 1.165) is 17.9 Å². The Labute approximate surface area is 126 Å². The molecule has 1 aromatic rings. The van der Waals surface area contributed by atoms with Crippen molar-refractivity contribution in [3.05, 3.63) is 18.2 Å². The number of rotatable bonds is 6. The molecule has 21 heavy (non-hydrogen) atoms. The lowest BCUT2D eigenvalue weighted by Crippen LogP contribution is -2.33. The Morgan fingerprint density at radius 1 is 1.29 bits per heavy atom. The number of amides is 1. The van der Waals surface area contributed by atoms with Gasteiger partial charge in [-0.25, -0.2) is 4.79 Å². The molecule has 0 saturated heterocycles. The molecule has 1 amide bonds. The van der Waals surface area contributed by atoms with E-state index < -0.39 is 11.7 Å². The van der Waals surface area contributed by atoms with E-state index in [1.54, 1.807) is 13.2 Å². The molecule has 0 aliphatic carbocycles. The Kier molecular flexibility index (Phi) is 6.14. The SMILES string of the molecule is COc1ccc(N)c(NCCCNC(=O)OC(C)(C)C)c1. The first-order valence-electron chi connectivity index (χ1n) is 6.96. The van der Waals surface area contributed by atoms with Crippen LogP contribution in [0.25, 0.3) is 0 Å². The van der Waals surface area contributed by atoms with Gasteiger partial charge in [-0.05, 0) is 39.3 Å². The molecule has 1 aromatic carbocycles. The van der Waals surface area contributed by atoms with Gasteiger partial charge in [0, 0.05) is 19.2 Å². The van der Waals surface area contributed by atoms with Gasteiger partial charge in [0.05, 0.1) is 18.5 Å². The van der Waals surface area contributed by atoms with Crippen molar-refractivity contribution in [1.82, 2.24) is 5.32 Å². The second-order valence-electron chi connectivity index (χ2n) is 5.66. The summed E-state index contributed by atoms with van der Waals surface area (Å²) in [5, 5.41) is 5.92. The van der Waals surface area contributed by atoms with Gasteiger partial charge >= 0.3 is 6.09 Å². The molecule has 0 atom stereocenters. The van der Waals surface area contributed by atoms with Crippen molar-refractivity contribution >= 4 is 17.5 Å². The van der Waals surface area contributed by atoms with Crippen molar-refractivity contribution in [2.45, 2.75) is 32.8 Å². The third kappa shape index (κ3) is 6.74. The van der Waals surface area contributed by atoms with Crippen LogP contribution in [0, 0.1) is 0 Å².